The summed E-state index contributed by atoms with van der Waals surface area (Å²) in [5, 5.41) is 2.21. The highest BCUT2D eigenvalue weighted by Gasteiger charge is 2.04. The maximum Gasteiger partial charge on any atom is 0.150 e. The second-order valence-electron chi connectivity index (χ2n) is 5.01. The molecule has 0 aliphatic carbocycles. The summed E-state index contributed by atoms with van der Waals surface area (Å²) >= 11 is 0. The summed E-state index contributed by atoms with van der Waals surface area (Å²) in [5.41, 5.74) is 2.71. The van der Waals surface area contributed by atoms with Crippen molar-refractivity contribution in [2.45, 2.75) is 0 Å². The van der Waals surface area contributed by atoms with Crippen molar-refractivity contribution >= 4 is 29.2 Å². The van der Waals surface area contributed by atoms with E-state index in [2.05, 4.69) is 6.07 Å². The van der Waals surface area contributed by atoms with E-state index >= 15 is 0 Å². The Morgan fingerprint density at radius 1 is 0.864 bits per heavy atom. The summed E-state index contributed by atoms with van der Waals surface area (Å²) in [6.07, 6.45) is 4.90. The number of carbonyl (C=O) groups excluding carboxylic acids is 1. The first kappa shape index (κ1) is 14.1. The Labute approximate surface area is 129 Å². The molecule has 0 saturated carbocycles. The van der Waals surface area contributed by atoms with Gasteiger partial charge in [-0.25, -0.2) is 0 Å². The van der Waals surface area contributed by atoms with E-state index in [9.17, 15) is 4.79 Å². The number of fused-ring (bicyclic) bond motifs is 1. The van der Waals surface area contributed by atoms with Gasteiger partial charge in [-0.3, -0.25) is 4.79 Å². The van der Waals surface area contributed by atoms with Crippen LogP contribution in [0.5, 0.6) is 5.75 Å². The molecule has 0 radical (unpaired) electrons. The van der Waals surface area contributed by atoms with Gasteiger partial charge in [-0.15, -0.1) is 0 Å². The molecule has 2 heteroatoms. The van der Waals surface area contributed by atoms with E-state index in [0.717, 1.165) is 33.9 Å². The Morgan fingerprint density at radius 2 is 1.64 bits per heavy atom. The highest BCUT2D eigenvalue weighted by atomic mass is 16.5. The minimum atomic E-state index is 0.698. The van der Waals surface area contributed by atoms with Crippen LogP contribution in [0.2, 0.25) is 0 Å². The van der Waals surface area contributed by atoms with Crippen LogP contribution < -0.4 is 4.74 Å². The number of hydrogen-bond acceptors (Lipinski definition) is 2. The first-order valence-corrected chi connectivity index (χ1v) is 7.11. The minimum Gasteiger partial charge on any atom is -0.497 e. The van der Waals surface area contributed by atoms with Gasteiger partial charge in [-0.1, -0.05) is 60.7 Å². The lowest BCUT2D eigenvalue weighted by molar-refractivity contribution is 0.112. The van der Waals surface area contributed by atoms with Gasteiger partial charge in [0.1, 0.15) is 5.75 Å². The summed E-state index contributed by atoms with van der Waals surface area (Å²) in [6, 6.07) is 19.7. The molecule has 0 heterocycles. The standard InChI is InChI=1S/C20H16O2/c1-22-18-11-6-15(7-12-18)8-13-20-17(14-21)10-9-16-4-2-3-5-19(16)20/h2-14H,1H3/b13-8-. The van der Waals surface area contributed by atoms with Crippen LogP contribution in [0.4, 0.5) is 0 Å². The summed E-state index contributed by atoms with van der Waals surface area (Å²) in [5.74, 6) is 0.830. The number of rotatable bonds is 4. The zero-order valence-electron chi connectivity index (χ0n) is 12.3. The molecule has 0 aliphatic heterocycles. The molecule has 0 amide bonds. The number of benzene rings is 3. The number of carbonyl (C=O) groups is 1. The molecule has 0 bridgehead atoms. The Balaban J connectivity index is 2.04. The third-order valence-electron chi connectivity index (χ3n) is 3.69. The molecule has 0 spiro atoms. The average molecular weight is 288 g/mol. The SMILES string of the molecule is COc1ccc(/C=C\c2c(C=O)ccc3ccccc23)cc1. The van der Waals surface area contributed by atoms with Crippen molar-refractivity contribution in [1.82, 2.24) is 0 Å². The van der Waals surface area contributed by atoms with Gasteiger partial charge >= 0.3 is 0 Å². The van der Waals surface area contributed by atoms with E-state index < -0.39 is 0 Å². The fourth-order valence-corrected chi connectivity index (χ4v) is 2.50. The maximum absolute atomic E-state index is 11.3. The van der Waals surface area contributed by atoms with Crippen LogP contribution in [-0.2, 0) is 0 Å². The normalized spacial score (nSPS) is 11.0. The summed E-state index contributed by atoms with van der Waals surface area (Å²) in [6.45, 7) is 0. The summed E-state index contributed by atoms with van der Waals surface area (Å²) in [7, 11) is 1.65. The van der Waals surface area contributed by atoms with Gasteiger partial charge in [0.2, 0.25) is 0 Å². The molecule has 0 aromatic heterocycles. The molecule has 0 N–H and O–H groups in total. The maximum atomic E-state index is 11.3. The van der Waals surface area contributed by atoms with E-state index in [1.54, 1.807) is 7.11 Å². The van der Waals surface area contributed by atoms with Crippen molar-refractivity contribution in [2.24, 2.45) is 0 Å². The summed E-state index contributed by atoms with van der Waals surface area (Å²) < 4.78 is 5.16. The Bertz CT molecular complexity index is 830. The van der Waals surface area contributed by atoms with Crippen LogP contribution in [0.25, 0.3) is 22.9 Å². The van der Waals surface area contributed by atoms with Gasteiger partial charge in [0, 0.05) is 5.56 Å². The lowest BCUT2D eigenvalue weighted by atomic mass is 9.98. The number of aldehydes is 1. The highest BCUT2D eigenvalue weighted by molar-refractivity contribution is 5.99. The fraction of sp³-hybridized carbons (Fsp3) is 0.0500. The molecule has 22 heavy (non-hydrogen) atoms. The van der Waals surface area contributed by atoms with Gasteiger partial charge in [0.05, 0.1) is 7.11 Å². The zero-order valence-corrected chi connectivity index (χ0v) is 12.3. The molecule has 0 aliphatic rings. The van der Waals surface area contributed by atoms with Crippen LogP contribution in [-0.4, -0.2) is 13.4 Å². The Morgan fingerprint density at radius 3 is 2.36 bits per heavy atom. The smallest absolute Gasteiger partial charge is 0.150 e. The van der Waals surface area contributed by atoms with Crippen LogP contribution in [0.1, 0.15) is 21.5 Å². The second-order valence-corrected chi connectivity index (χ2v) is 5.01. The molecule has 0 fully saturated rings. The quantitative estimate of drug-likeness (QED) is 0.507. The molecule has 3 aromatic rings. The molecular weight excluding hydrogens is 272 g/mol. The molecule has 0 saturated heterocycles. The number of hydrogen-bond donors (Lipinski definition) is 0. The van der Waals surface area contributed by atoms with E-state index in [0.29, 0.717) is 5.56 Å². The minimum absolute atomic E-state index is 0.698. The van der Waals surface area contributed by atoms with Gasteiger partial charge in [0.15, 0.2) is 6.29 Å². The third-order valence-corrected chi connectivity index (χ3v) is 3.69. The van der Waals surface area contributed by atoms with E-state index in [1.807, 2.05) is 66.7 Å². The van der Waals surface area contributed by atoms with Gasteiger partial charge in [-0.05, 0) is 34.0 Å². The monoisotopic (exact) mass is 288 g/mol. The van der Waals surface area contributed by atoms with Gasteiger partial charge in [-0.2, -0.15) is 0 Å². The van der Waals surface area contributed by atoms with Crippen LogP contribution in [0, 0.1) is 0 Å². The molecule has 0 unspecified atom stereocenters. The van der Waals surface area contributed by atoms with Crippen molar-refractivity contribution in [1.29, 1.82) is 0 Å². The Kier molecular flexibility index (Phi) is 4.01. The Hall–Kier alpha value is -2.87. The molecule has 2 nitrogen and oxygen atoms in total. The van der Waals surface area contributed by atoms with Crippen molar-refractivity contribution < 1.29 is 9.53 Å². The predicted molar refractivity (Wildman–Crippen MR) is 91.3 cm³/mol. The van der Waals surface area contributed by atoms with Crippen molar-refractivity contribution in [3.63, 3.8) is 0 Å². The fourth-order valence-electron chi connectivity index (χ4n) is 2.50. The third kappa shape index (κ3) is 2.77. The highest BCUT2D eigenvalue weighted by Crippen LogP contribution is 2.24. The molecule has 3 rings (SSSR count). The van der Waals surface area contributed by atoms with Crippen molar-refractivity contribution in [3.05, 3.63) is 77.4 Å². The lowest BCUT2D eigenvalue weighted by Gasteiger charge is -2.05. The van der Waals surface area contributed by atoms with E-state index in [1.165, 1.54) is 0 Å². The van der Waals surface area contributed by atoms with Crippen LogP contribution in [0.15, 0.2) is 60.7 Å². The second kappa shape index (κ2) is 6.27. The number of methoxy groups -OCH3 is 1. The lowest BCUT2D eigenvalue weighted by Crippen LogP contribution is -1.88. The average Bonchev–Trinajstić information content (AvgIpc) is 2.60. The van der Waals surface area contributed by atoms with E-state index in [-0.39, 0.29) is 0 Å². The van der Waals surface area contributed by atoms with Gasteiger partial charge in [0.25, 0.3) is 0 Å². The molecule has 108 valence electrons. The zero-order chi connectivity index (χ0) is 15.4. The summed E-state index contributed by atoms with van der Waals surface area (Å²) in [4.78, 5) is 11.3. The van der Waals surface area contributed by atoms with E-state index in [4.69, 9.17) is 4.74 Å². The topological polar surface area (TPSA) is 26.3 Å². The van der Waals surface area contributed by atoms with Crippen LogP contribution in [0.3, 0.4) is 0 Å². The van der Waals surface area contributed by atoms with Crippen molar-refractivity contribution in [2.75, 3.05) is 7.11 Å². The van der Waals surface area contributed by atoms with Crippen molar-refractivity contribution in [3.8, 4) is 5.75 Å². The molecule has 3 aromatic carbocycles. The van der Waals surface area contributed by atoms with Gasteiger partial charge < -0.3 is 4.74 Å². The largest absolute Gasteiger partial charge is 0.497 e. The predicted octanol–water partition coefficient (Wildman–Crippen LogP) is 4.83. The van der Waals surface area contributed by atoms with Crippen LogP contribution >= 0.6 is 0 Å². The first-order valence-electron chi connectivity index (χ1n) is 7.11. The molecule has 0 atom stereocenters. The molecular formula is C20H16O2. The first-order chi connectivity index (χ1) is 10.8. The number of ether oxygens (including phenoxy) is 1.